The molecule has 0 amide bonds. The van der Waals surface area contributed by atoms with Gasteiger partial charge in [-0.05, 0) is 128 Å². The summed E-state index contributed by atoms with van der Waals surface area (Å²) in [6.45, 7) is 1.30. The molecule has 0 saturated carbocycles. The van der Waals surface area contributed by atoms with Crippen molar-refractivity contribution >= 4 is 21.0 Å². The summed E-state index contributed by atoms with van der Waals surface area (Å²) >= 11 is 0. The first-order valence-corrected chi connectivity index (χ1v) is 19.0. The number of nitrogens with zero attached hydrogens (tertiary/aromatic N) is 1. The third kappa shape index (κ3) is 11.8. The van der Waals surface area contributed by atoms with E-state index in [1.54, 1.807) is 30.3 Å². The molecule has 0 unspecified atom stereocenters. The number of phenolic OH excluding ortho intramolecular Hbond substituents is 1. The molecule has 1 aliphatic carbocycles. The number of hydrogen-bond acceptors (Lipinski definition) is 4. The molecule has 3 aromatic rings. The van der Waals surface area contributed by atoms with Crippen LogP contribution in [0.5, 0.6) is 5.75 Å². The van der Waals surface area contributed by atoms with Crippen LogP contribution in [-0.2, 0) is 22.8 Å². The lowest BCUT2D eigenvalue weighted by Gasteiger charge is -2.23. The fourth-order valence-electron chi connectivity index (χ4n) is 6.52. The van der Waals surface area contributed by atoms with E-state index in [4.69, 9.17) is 0 Å². The molecule has 0 spiro atoms. The SMILES string of the molecule is O=S(=O)(CCCN(CCCCCCC1=C(c2ccc(F)cc2)CCCc2c1ccc(O)c2F)Cc1ccc(F)cc1)CCCC(F)(F)C(F)(F)F. The average molecular weight is 746 g/mol. The van der Waals surface area contributed by atoms with E-state index in [0.29, 0.717) is 50.9 Å². The molecule has 0 radical (unpaired) electrons. The fourth-order valence-corrected chi connectivity index (χ4v) is 7.88. The summed E-state index contributed by atoms with van der Waals surface area (Å²) in [7, 11) is -3.86. The maximum atomic E-state index is 15.0. The zero-order valence-corrected chi connectivity index (χ0v) is 29.0. The van der Waals surface area contributed by atoms with E-state index in [1.165, 1.54) is 30.3 Å². The lowest BCUT2D eigenvalue weighted by Crippen LogP contribution is -2.36. The number of aromatic hydroxyl groups is 1. The summed E-state index contributed by atoms with van der Waals surface area (Å²) in [6, 6.07) is 15.2. The van der Waals surface area contributed by atoms with E-state index in [2.05, 4.69) is 0 Å². The molecule has 4 rings (SSSR count). The van der Waals surface area contributed by atoms with Gasteiger partial charge in [0.05, 0.1) is 11.5 Å². The molecule has 0 bridgehead atoms. The number of fused-ring (bicyclic) bond motifs is 1. The Bertz CT molecular complexity index is 1720. The third-order valence-electron chi connectivity index (χ3n) is 9.22. The average Bonchev–Trinajstić information content (AvgIpc) is 3.24. The van der Waals surface area contributed by atoms with Crippen molar-refractivity contribution in [2.45, 2.75) is 89.3 Å². The van der Waals surface area contributed by atoms with Crippen molar-refractivity contribution in [2.75, 3.05) is 24.6 Å². The van der Waals surface area contributed by atoms with E-state index in [1.807, 2.05) is 4.90 Å². The van der Waals surface area contributed by atoms with Gasteiger partial charge < -0.3 is 5.11 Å². The Balaban J connectivity index is 1.34. The van der Waals surface area contributed by atoms with Gasteiger partial charge in [-0.2, -0.15) is 22.0 Å². The van der Waals surface area contributed by atoms with Crippen LogP contribution in [0.25, 0.3) is 11.1 Å². The van der Waals surface area contributed by atoms with Crippen LogP contribution < -0.4 is 0 Å². The second kappa shape index (κ2) is 17.9. The van der Waals surface area contributed by atoms with Gasteiger partial charge in [0, 0.05) is 13.0 Å². The molecule has 4 nitrogen and oxygen atoms in total. The zero-order chi connectivity index (χ0) is 37.2. The Labute approximate surface area is 294 Å². The van der Waals surface area contributed by atoms with Gasteiger partial charge >= 0.3 is 12.1 Å². The normalized spacial score (nSPS) is 14.2. The number of sulfone groups is 1. The largest absolute Gasteiger partial charge is 0.505 e. The third-order valence-corrected chi connectivity index (χ3v) is 11.0. The predicted octanol–water partition coefficient (Wildman–Crippen LogP) is 10.3. The number of hydrogen-bond donors (Lipinski definition) is 1. The summed E-state index contributed by atoms with van der Waals surface area (Å²) in [5.41, 5.74) is 4.88. The molecule has 1 N–H and O–H groups in total. The van der Waals surface area contributed by atoms with Gasteiger partial charge in [0.1, 0.15) is 21.5 Å². The minimum atomic E-state index is -5.73. The highest BCUT2D eigenvalue weighted by Gasteiger charge is 2.56. The number of rotatable bonds is 18. The van der Waals surface area contributed by atoms with E-state index in [-0.39, 0.29) is 18.0 Å². The maximum absolute atomic E-state index is 15.0. The molecule has 0 fully saturated rings. The Morgan fingerprint density at radius 1 is 0.706 bits per heavy atom. The van der Waals surface area contributed by atoms with Crippen LogP contribution in [0.15, 0.2) is 60.7 Å². The Kier molecular flexibility index (Phi) is 14.1. The van der Waals surface area contributed by atoms with Crippen LogP contribution in [0.3, 0.4) is 0 Å². The molecule has 3 aromatic carbocycles. The summed E-state index contributed by atoms with van der Waals surface area (Å²) < 4.78 is 131. The van der Waals surface area contributed by atoms with Gasteiger partial charge in [-0.25, -0.2) is 21.6 Å². The number of allylic oxidation sites excluding steroid dienone is 2. The van der Waals surface area contributed by atoms with Crippen molar-refractivity contribution < 1.29 is 48.6 Å². The van der Waals surface area contributed by atoms with Crippen LogP contribution in [-0.4, -0.2) is 55.1 Å². The number of phenols is 1. The van der Waals surface area contributed by atoms with Crippen LogP contribution in [0, 0.1) is 17.5 Å². The highest BCUT2D eigenvalue weighted by molar-refractivity contribution is 7.91. The molecule has 0 atom stereocenters. The summed E-state index contributed by atoms with van der Waals surface area (Å²) in [5, 5.41) is 10.0. The molecular formula is C38H43F8NO3S. The minimum absolute atomic E-state index is 0.144. The summed E-state index contributed by atoms with van der Waals surface area (Å²) in [4.78, 5) is 2.01. The first-order valence-electron chi connectivity index (χ1n) is 17.2. The van der Waals surface area contributed by atoms with Crippen molar-refractivity contribution in [3.8, 4) is 5.75 Å². The van der Waals surface area contributed by atoms with Gasteiger partial charge in [0.15, 0.2) is 11.6 Å². The first-order chi connectivity index (χ1) is 24.1. The standard InChI is InChI=1S/C38H43F8NO3S/c39-29-15-11-27(12-16-29)26-47(23-7-25-51(49,50)24-6-21-37(42,43)38(44,45)46)22-4-2-1-3-8-32-31(28-13-17-30(40)18-14-28)9-5-10-34-33(32)19-20-35(48)36(34)41/h11-20,48H,1-10,21-26H2. The topological polar surface area (TPSA) is 57.6 Å². The van der Waals surface area contributed by atoms with Gasteiger partial charge in [0.25, 0.3) is 0 Å². The number of unbranched alkanes of at least 4 members (excludes halogenated alkanes) is 3. The van der Waals surface area contributed by atoms with Crippen LogP contribution in [0.4, 0.5) is 35.1 Å². The van der Waals surface area contributed by atoms with Crippen molar-refractivity contribution in [3.63, 3.8) is 0 Å². The van der Waals surface area contributed by atoms with Crippen LogP contribution >= 0.6 is 0 Å². The number of benzene rings is 3. The van der Waals surface area contributed by atoms with E-state index < -0.39 is 57.9 Å². The van der Waals surface area contributed by atoms with Gasteiger partial charge in [-0.15, -0.1) is 0 Å². The molecule has 0 aromatic heterocycles. The molecule has 280 valence electrons. The Hall–Kier alpha value is -3.45. The monoisotopic (exact) mass is 745 g/mol. The molecular weight excluding hydrogens is 702 g/mol. The Morgan fingerprint density at radius 2 is 1.31 bits per heavy atom. The molecule has 1 aliphatic rings. The lowest BCUT2D eigenvalue weighted by molar-refractivity contribution is -0.284. The van der Waals surface area contributed by atoms with Gasteiger partial charge in [0.2, 0.25) is 0 Å². The van der Waals surface area contributed by atoms with Gasteiger partial charge in [-0.1, -0.05) is 43.2 Å². The maximum Gasteiger partial charge on any atom is 0.453 e. The quantitative estimate of drug-likeness (QED) is 0.104. The number of alkyl halides is 5. The highest BCUT2D eigenvalue weighted by Crippen LogP contribution is 2.41. The smallest absolute Gasteiger partial charge is 0.453 e. The van der Waals surface area contributed by atoms with E-state index >= 15 is 4.39 Å². The van der Waals surface area contributed by atoms with E-state index in [0.717, 1.165) is 53.5 Å². The van der Waals surface area contributed by atoms with E-state index in [9.17, 15) is 44.3 Å². The summed E-state index contributed by atoms with van der Waals surface area (Å²) in [5.74, 6) is -7.86. The minimum Gasteiger partial charge on any atom is -0.505 e. The molecule has 0 saturated heterocycles. The van der Waals surface area contributed by atoms with Gasteiger partial charge in [-0.3, -0.25) is 4.90 Å². The lowest BCUT2D eigenvalue weighted by atomic mass is 9.89. The molecule has 0 aliphatic heterocycles. The van der Waals surface area contributed by atoms with Crippen molar-refractivity contribution in [2.24, 2.45) is 0 Å². The first kappa shape index (κ1) is 40.3. The molecule has 0 heterocycles. The highest BCUT2D eigenvalue weighted by atomic mass is 32.2. The van der Waals surface area contributed by atoms with Crippen molar-refractivity contribution in [3.05, 3.63) is 100 Å². The zero-order valence-electron chi connectivity index (χ0n) is 28.2. The second-order valence-electron chi connectivity index (χ2n) is 13.1. The second-order valence-corrected chi connectivity index (χ2v) is 15.4. The van der Waals surface area contributed by atoms with Crippen molar-refractivity contribution in [1.82, 2.24) is 4.90 Å². The fraction of sp³-hybridized carbons (Fsp3) is 0.474. The predicted molar refractivity (Wildman–Crippen MR) is 182 cm³/mol. The van der Waals surface area contributed by atoms with Crippen LogP contribution in [0.1, 0.15) is 86.5 Å². The Morgan fingerprint density at radius 3 is 1.98 bits per heavy atom. The van der Waals surface area contributed by atoms with Crippen LogP contribution in [0.2, 0.25) is 0 Å². The van der Waals surface area contributed by atoms with Crippen molar-refractivity contribution in [1.29, 1.82) is 0 Å². The molecule has 13 heteroatoms. The molecule has 51 heavy (non-hydrogen) atoms. The summed E-state index contributed by atoms with van der Waals surface area (Å²) in [6.07, 6.45) is -2.42. The number of halogens is 8.